The van der Waals surface area contributed by atoms with Crippen molar-refractivity contribution in [3.05, 3.63) is 18.7 Å². The van der Waals surface area contributed by atoms with Crippen LogP contribution in [0.15, 0.2) is 18.7 Å². The van der Waals surface area contributed by atoms with Crippen molar-refractivity contribution in [3.8, 4) is 5.95 Å². The molecule has 20 heavy (non-hydrogen) atoms. The minimum absolute atomic E-state index is 0.0812. The molecular weight excluding hydrogens is 258 g/mol. The molecule has 1 fully saturated rings. The summed E-state index contributed by atoms with van der Waals surface area (Å²) in [6, 6.07) is 0.0812. The maximum atomic E-state index is 9.43. The number of rotatable bonds is 4. The third-order valence-electron chi connectivity index (χ3n) is 3.42. The molecule has 106 valence electrons. The number of imidazole rings is 1. The Bertz CT molecular complexity index is 571. The summed E-state index contributed by atoms with van der Waals surface area (Å²) in [5.41, 5.74) is 0. The molecule has 0 amide bonds. The summed E-state index contributed by atoms with van der Waals surface area (Å²) in [4.78, 5) is 19.2. The van der Waals surface area contributed by atoms with Gasteiger partial charge in [0.1, 0.15) is 6.33 Å². The van der Waals surface area contributed by atoms with Crippen molar-refractivity contribution >= 4 is 11.9 Å². The molecule has 0 aromatic carbocycles. The highest BCUT2D eigenvalue weighted by Crippen LogP contribution is 2.23. The number of nitrogens with zero attached hydrogens (tertiary/aromatic N) is 6. The van der Waals surface area contributed by atoms with E-state index in [1.165, 1.54) is 0 Å². The standard InChI is InChI=1S/C12H17N7O/c1-13-10-15-11(18-6-4-14-8-18)17-12(16-10)19-5-2-3-9(19)7-20/h4,6,8-9,20H,2-3,5,7H2,1H3,(H,13,15,16,17). The normalized spacial score (nSPS) is 18.5. The fourth-order valence-electron chi connectivity index (χ4n) is 2.38. The highest BCUT2D eigenvalue weighted by atomic mass is 16.3. The molecular formula is C12H17N7O. The van der Waals surface area contributed by atoms with Gasteiger partial charge in [0.05, 0.1) is 12.6 Å². The van der Waals surface area contributed by atoms with E-state index in [4.69, 9.17) is 0 Å². The summed E-state index contributed by atoms with van der Waals surface area (Å²) >= 11 is 0. The molecule has 0 radical (unpaired) electrons. The van der Waals surface area contributed by atoms with Crippen molar-refractivity contribution in [2.24, 2.45) is 0 Å². The molecule has 1 unspecified atom stereocenters. The Labute approximate surface area is 116 Å². The first-order valence-corrected chi connectivity index (χ1v) is 6.61. The van der Waals surface area contributed by atoms with Crippen molar-refractivity contribution in [3.63, 3.8) is 0 Å². The van der Waals surface area contributed by atoms with Crippen LogP contribution < -0.4 is 10.2 Å². The van der Waals surface area contributed by atoms with E-state index in [0.29, 0.717) is 17.8 Å². The second-order valence-corrected chi connectivity index (χ2v) is 4.65. The van der Waals surface area contributed by atoms with E-state index < -0.39 is 0 Å². The van der Waals surface area contributed by atoms with Gasteiger partial charge in [-0.1, -0.05) is 0 Å². The molecule has 0 saturated carbocycles. The molecule has 1 saturated heterocycles. The average Bonchev–Trinajstić information content (AvgIpc) is 3.17. The molecule has 0 aliphatic carbocycles. The van der Waals surface area contributed by atoms with E-state index in [-0.39, 0.29) is 12.6 Å². The van der Waals surface area contributed by atoms with Gasteiger partial charge in [-0.2, -0.15) is 15.0 Å². The Morgan fingerprint density at radius 3 is 2.90 bits per heavy atom. The molecule has 1 atom stereocenters. The summed E-state index contributed by atoms with van der Waals surface area (Å²) in [7, 11) is 1.77. The van der Waals surface area contributed by atoms with Crippen molar-refractivity contribution in [1.29, 1.82) is 0 Å². The van der Waals surface area contributed by atoms with Crippen molar-refractivity contribution in [2.45, 2.75) is 18.9 Å². The highest BCUT2D eigenvalue weighted by Gasteiger charge is 2.27. The average molecular weight is 275 g/mol. The zero-order valence-electron chi connectivity index (χ0n) is 11.3. The van der Waals surface area contributed by atoms with Gasteiger partial charge in [0, 0.05) is 26.0 Å². The topological polar surface area (TPSA) is 92.0 Å². The van der Waals surface area contributed by atoms with Gasteiger partial charge in [0.2, 0.25) is 17.8 Å². The van der Waals surface area contributed by atoms with Gasteiger partial charge in [-0.25, -0.2) is 4.98 Å². The number of aromatic nitrogens is 5. The van der Waals surface area contributed by atoms with Gasteiger partial charge < -0.3 is 15.3 Å². The van der Waals surface area contributed by atoms with Crippen LogP contribution in [0.4, 0.5) is 11.9 Å². The van der Waals surface area contributed by atoms with Crippen LogP contribution in [0.1, 0.15) is 12.8 Å². The van der Waals surface area contributed by atoms with Gasteiger partial charge in [-0.3, -0.25) is 4.57 Å². The van der Waals surface area contributed by atoms with Crippen LogP contribution in [-0.2, 0) is 0 Å². The maximum Gasteiger partial charge on any atom is 0.241 e. The first-order chi connectivity index (χ1) is 9.81. The molecule has 3 rings (SSSR count). The maximum absolute atomic E-state index is 9.43. The van der Waals surface area contributed by atoms with E-state index in [1.54, 1.807) is 30.3 Å². The smallest absolute Gasteiger partial charge is 0.241 e. The predicted molar refractivity (Wildman–Crippen MR) is 73.9 cm³/mol. The Balaban J connectivity index is 2.00. The number of hydrogen-bond donors (Lipinski definition) is 2. The van der Waals surface area contributed by atoms with Gasteiger partial charge in [0.25, 0.3) is 0 Å². The van der Waals surface area contributed by atoms with Crippen LogP contribution in [0.3, 0.4) is 0 Å². The Morgan fingerprint density at radius 2 is 2.20 bits per heavy atom. The fourth-order valence-corrected chi connectivity index (χ4v) is 2.38. The summed E-state index contributed by atoms with van der Waals surface area (Å²) in [5.74, 6) is 1.60. The van der Waals surface area contributed by atoms with Crippen molar-refractivity contribution in [1.82, 2.24) is 24.5 Å². The van der Waals surface area contributed by atoms with E-state index in [9.17, 15) is 5.11 Å². The third kappa shape index (κ3) is 2.29. The van der Waals surface area contributed by atoms with Gasteiger partial charge in [-0.15, -0.1) is 0 Å². The SMILES string of the molecule is CNc1nc(N2CCCC2CO)nc(-n2ccnc2)n1. The lowest BCUT2D eigenvalue weighted by atomic mass is 10.2. The van der Waals surface area contributed by atoms with E-state index in [0.717, 1.165) is 19.4 Å². The lowest BCUT2D eigenvalue weighted by molar-refractivity contribution is 0.265. The van der Waals surface area contributed by atoms with E-state index >= 15 is 0 Å². The summed E-state index contributed by atoms with van der Waals surface area (Å²) in [6.45, 7) is 0.961. The second-order valence-electron chi connectivity index (χ2n) is 4.65. The largest absolute Gasteiger partial charge is 0.394 e. The molecule has 2 aromatic rings. The van der Waals surface area contributed by atoms with Crippen molar-refractivity contribution < 1.29 is 5.11 Å². The molecule has 8 heteroatoms. The summed E-state index contributed by atoms with van der Waals surface area (Å²) < 4.78 is 1.73. The molecule has 8 nitrogen and oxygen atoms in total. The highest BCUT2D eigenvalue weighted by molar-refractivity contribution is 5.41. The lowest BCUT2D eigenvalue weighted by Gasteiger charge is -2.23. The molecule has 3 heterocycles. The predicted octanol–water partition coefficient (Wildman–Crippen LogP) is 0.0601. The van der Waals surface area contributed by atoms with Gasteiger partial charge in [-0.05, 0) is 12.8 Å². The molecule has 2 N–H and O–H groups in total. The molecule has 1 aliphatic heterocycles. The van der Waals surface area contributed by atoms with E-state index in [1.807, 2.05) is 4.90 Å². The quantitative estimate of drug-likeness (QED) is 0.815. The Hall–Kier alpha value is -2.22. The first-order valence-electron chi connectivity index (χ1n) is 6.61. The second kappa shape index (κ2) is 5.41. The van der Waals surface area contributed by atoms with E-state index in [2.05, 4.69) is 25.3 Å². The van der Waals surface area contributed by atoms with Crippen LogP contribution in [0, 0.1) is 0 Å². The van der Waals surface area contributed by atoms with Gasteiger partial charge in [0.15, 0.2) is 0 Å². The number of aliphatic hydroxyl groups excluding tert-OH is 1. The van der Waals surface area contributed by atoms with Crippen LogP contribution in [0.25, 0.3) is 5.95 Å². The van der Waals surface area contributed by atoms with Crippen LogP contribution >= 0.6 is 0 Å². The molecule has 0 bridgehead atoms. The number of anilines is 2. The first kappa shape index (κ1) is 12.8. The number of nitrogens with one attached hydrogen (secondary N) is 1. The van der Waals surface area contributed by atoms with Crippen LogP contribution in [0.5, 0.6) is 0 Å². The Morgan fingerprint density at radius 1 is 1.35 bits per heavy atom. The summed E-state index contributed by atoms with van der Waals surface area (Å²) in [5, 5.41) is 12.4. The monoisotopic (exact) mass is 275 g/mol. The van der Waals surface area contributed by atoms with Gasteiger partial charge >= 0.3 is 0 Å². The Kier molecular flexibility index (Phi) is 3.46. The van der Waals surface area contributed by atoms with Crippen LogP contribution in [0.2, 0.25) is 0 Å². The fraction of sp³-hybridized carbons (Fsp3) is 0.500. The lowest BCUT2D eigenvalue weighted by Crippen LogP contribution is -2.34. The zero-order valence-corrected chi connectivity index (χ0v) is 11.3. The summed E-state index contributed by atoms with van der Waals surface area (Å²) in [6.07, 6.45) is 7.09. The minimum atomic E-state index is 0.0812. The zero-order chi connectivity index (χ0) is 13.9. The van der Waals surface area contributed by atoms with Crippen LogP contribution in [-0.4, -0.2) is 55.9 Å². The molecule has 2 aromatic heterocycles. The van der Waals surface area contributed by atoms with Crippen molar-refractivity contribution in [2.75, 3.05) is 30.4 Å². The molecule has 1 aliphatic rings. The number of hydrogen-bond acceptors (Lipinski definition) is 7. The molecule has 0 spiro atoms. The number of aliphatic hydroxyl groups is 1. The third-order valence-corrected chi connectivity index (χ3v) is 3.42. The minimum Gasteiger partial charge on any atom is -0.394 e.